The average Bonchev–Trinajstić information content (AvgIpc) is 0.764. The number of carbonyl (C=O) groups excluding carboxylic acids is 7. The molecule has 0 amide bonds. The van der Waals surface area contributed by atoms with Crippen LogP contribution in [0.15, 0.2) is 278 Å². The summed E-state index contributed by atoms with van der Waals surface area (Å²) in [6, 6.07) is 73.5. The number of hydrogen-bond donors (Lipinski definition) is 2. The molecule has 9 aromatic carbocycles. The van der Waals surface area contributed by atoms with E-state index in [0.717, 1.165) is 5.56 Å². The second-order valence-corrected chi connectivity index (χ2v) is 23.3. The molecule has 2 N–H and O–H groups in total. The van der Waals surface area contributed by atoms with Gasteiger partial charge in [0, 0.05) is 11.4 Å². The molecule has 0 spiro atoms. The molecular formula is C76H63N3O17S2. The lowest BCUT2D eigenvalue weighted by molar-refractivity contribution is -0.339. The van der Waals surface area contributed by atoms with Gasteiger partial charge in [-0.05, 0) is 115 Å². The van der Waals surface area contributed by atoms with Gasteiger partial charge in [0.1, 0.15) is 31.5 Å². The van der Waals surface area contributed by atoms with Gasteiger partial charge in [0.2, 0.25) is 0 Å². The Bertz CT molecular complexity index is 4180. The molecule has 2 aliphatic heterocycles. The van der Waals surface area contributed by atoms with E-state index < -0.39 is 116 Å². The number of amidine groups is 1. The summed E-state index contributed by atoms with van der Waals surface area (Å²) in [5.41, 5.74) is 1.80. The molecule has 2 heterocycles. The smallest absolute Gasteiger partial charge is 0.338 e. The summed E-state index contributed by atoms with van der Waals surface area (Å²) in [6.45, 7) is -1.51. The number of thioether (sulfide) groups is 1. The summed E-state index contributed by atoms with van der Waals surface area (Å²) in [7, 11) is 0. The van der Waals surface area contributed by atoms with Crippen LogP contribution in [0, 0.1) is 0 Å². The van der Waals surface area contributed by atoms with Gasteiger partial charge in [-0.1, -0.05) is 188 Å². The molecule has 496 valence electrons. The van der Waals surface area contributed by atoms with Gasteiger partial charge >= 0.3 is 41.8 Å². The van der Waals surface area contributed by atoms with Gasteiger partial charge in [0.05, 0.1) is 38.9 Å². The fourth-order valence-electron chi connectivity index (χ4n) is 10.5. The van der Waals surface area contributed by atoms with Crippen LogP contribution in [0.5, 0.6) is 0 Å². The van der Waals surface area contributed by atoms with Crippen LogP contribution in [-0.4, -0.2) is 127 Å². The Morgan fingerprint density at radius 3 is 1.08 bits per heavy atom. The predicted octanol–water partition coefficient (Wildman–Crippen LogP) is 11.9. The van der Waals surface area contributed by atoms with Gasteiger partial charge < -0.3 is 58.0 Å². The molecule has 20 nitrogen and oxygen atoms in total. The molecule has 98 heavy (non-hydrogen) atoms. The molecule has 0 radical (unpaired) electrons. The number of nitrogens with zero attached hydrogens (tertiary/aromatic N) is 1. The number of ether oxygens (including phenoxy) is 10. The molecule has 0 aliphatic carbocycles. The van der Waals surface area contributed by atoms with E-state index in [0.29, 0.717) is 11.4 Å². The van der Waals surface area contributed by atoms with Crippen LogP contribution in [0.2, 0.25) is 0 Å². The minimum atomic E-state index is -2.11. The molecule has 11 rings (SSSR count). The van der Waals surface area contributed by atoms with Crippen LogP contribution in [0.3, 0.4) is 0 Å². The highest BCUT2D eigenvalue weighted by molar-refractivity contribution is 8.13. The molecule has 2 fully saturated rings. The fourth-order valence-corrected chi connectivity index (χ4v) is 11.6. The van der Waals surface area contributed by atoms with Gasteiger partial charge in [0.25, 0.3) is 0 Å². The SMILES string of the molecule is O=C(OC[C@H]1O[C@@H](O[C@H]2[C@H](OC(=O)c3ccccc3)[C@@H](OC(=O)c3ccccc3)[C@H](N/C(=N/C(=S)Nc3ccccc3)SCc3ccccc3)O[C@@H]2COC(=O)c2ccccc2)[C@H](OC(=O)c2ccccc2)[C@@H](OC(=O)c2ccccc2)[C@H]1OC(=O)c1ccccc1)c1ccccc1. The lowest BCUT2D eigenvalue weighted by atomic mass is 9.95. The lowest BCUT2D eigenvalue weighted by Crippen LogP contribution is -2.69. The first-order valence-electron chi connectivity index (χ1n) is 31.0. The Labute approximate surface area is 573 Å². The molecule has 2 aliphatic rings. The quantitative estimate of drug-likeness (QED) is 0.0210. The zero-order chi connectivity index (χ0) is 68.0. The van der Waals surface area contributed by atoms with E-state index in [4.69, 9.17) is 64.6 Å². The van der Waals surface area contributed by atoms with E-state index in [2.05, 4.69) is 10.6 Å². The van der Waals surface area contributed by atoms with Gasteiger partial charge in [-0.3, -0.25) is 0 Å². The summed E-state index contributed by atoms with van der Waals surface area (Å²) < 4.78 is 65.7. The Kier molecular flexibility index (Phi) is 23.7. The third-order valence-electron chi connectivity index (χ3n) is 15.3. The normalized spacial score (nSPS) is 20.3. The van der Waals surface area contributed by atoms with Crippen molar-refractivity contribution in [2.75, 3.05) is 18.5 Å². The first-order valence-corrected chi connectivity index (χ1v) is 32.4. The van der Waals surface area contributed by atoms with Crippen molar-refractivity contribution in [3.05, 3.63) is 317 Å². The van der Waals surface area contributed by atoms with Crippen molar-refractivity contribution in [3.63, 3.8) is 0 Å². The van der Waals surface area contributed by atoms with E-state index in [-0.39, 0.29) is 49.2 Å². The first-order chi connectivity index (χ1) is 47.9. The van der Waals surface area contributed by atoms with Crippen LogP contribution < -0.4 is 10.6 Å². The van der Waals surface area contributed by atoms with Gasteiger partial charge in [-0.2, -0.15) is 4.99 Å². The largest absolute Gasteiger partial charge is 0.459 e. The van der Waals surface area contributed by atoms with Crippen molar-refractivity contribution in [3.8, 4) is 0 Å². The number of esters is 7. The van der Waals surface area contributed by atoms with Gasteiger partial charge in [-0.15, -0.1) is 0 Å². The van der Waals surface area contributed by atoms with E-state index in [1.807, 2.05) is 48.5 Å². The van der Waals surface area contributed by atoms with Gasteiger partial charge in [-0.25, -0.2) is 33.6 Å². The maximum Gasteiger partial charge on any atom is 0.338 e. The Morgan fingerprint density at radius 1 is 0.367 bits per heavy atom. The number of para-hydroxylation sites is 1. The third-order valence-corrected chi connectivity index (χ3v) is 16.4. The van der Waals surface area contributed by atoms with Crippen molar-refractivity contribution in [2.45, 2.75) is 67.1 Å². The van der Waals surface area contributed by atoms with Crippen LogP contribution in [0.1, 0.15) is 78.1 Å². The van der Waals surface area contributed by atoms with Crippen LogP contribution >= 0.6 is 24.0 Å². The van der Waals surface area contributed by atoms with Crippen molar-refractivity contribution in [1.29, 1.82) is 0 Å². The van der Waals surface area contributed by atoms with Gasteiger partial charge in [0.15, 0.2) is 53.3 Å². The van der Waals surface area contributed by atoms with Crippen molar-refractivity contribution >= 4 is 81.7 Å². The minimum absolute atomic E-state index is 0.00159. The molecule has 10 atom stereocenters. The van der Waals surface area contributed by atoms with Crippen LogP contribution in [0.4, 0.5) is 5.69 Å². The number of nitrogens with one attached hydrogen (secondary N) is 2. The number of thiocarbonyl (C=S) groups is 1. The zero-order valence-electron chi connectivity index (χ0n) is 52.1. The number of carbonyl (C=O) groups is 7. The van der Waals surface area contributed by atoms with Crippen LogP contribution in [0.25, 0.3) is 0 Å². The molecule has 0 bridgehead atoms. The minimum Gasteiger partial charge on any atom is -0.459 e. The van der Waals surface area contributed by atoms with E-state index >= 15 is 4.79 Å². The molecule has 2 saturated heterocycles. The second-order valence-electron chi connectivity index (χ2n) is 22.0. The van der Waals surface area contributed by atoms with E-state index in [1.165, 1.54) is 96.7 Å². The number of aliphatic imine (C=N–C) groups is 1. The highest BCUT2D eigenvalue weighted by Gasteiger charge is 2.58. The number of rotatable bonds is 22. The zero-order valence-corrected chi connectivity index (χ0v) is 53.7. The Hall–Kier alpha value is -11.1. The summed E-state index contributed by atoms with van der Waals surface area (Å²) in [4.78, 5) is 107. The molecule has 0 aromatic heterocycles. The van der Waals surface area contributed by atoms with E-state index in [1.54, 1.807) is 140 Å². The molecule has 0 saturated carbocycles. The highest BCUT2D eigenvalue weighted by atomic mass is 32.2. The summed E-state index contributed by atoms with van der Waals surface area (Å²) in [5, 5.41) is 6.49. The van der Waals surface area contributed by atoms with Crippen molar-refractivity contribution < 1.29 is 80.9 Å². The van der Waals surface area contributed by atoms with Crippen molar-refractivity contribution in [1.82, 2.24) is 5.32 Å². The molecular weight excluding hydrogens is 1290 g/mol. The standard InChI is InChI=1S/C76H63N3O17S2/c80-67(50-30-12-2-13-31-50)87-46-58-61(62(92-70(83)53-36-18-5-19-37-53)64(94-72(85)55-40-22-7-23-41-55)66(89-58)78-76(98-48-49-28-10-1-11-29-49)79-75(97)77-57-44-26-9-27-45-57)96-74-65(95-73(86)56-42-24-8-25-43-56)63(93-71(84)54-38-20-6-21-39-54)60(91-69(82)52-34-16-4-17-35-52)59(90-74)47-88-68(81)51-32-14-3-15-33-51/h1-45,58-66,74H,46-48H2,(H2,77,78,79,97)/t58-,59-,60+,61-,62+,63+,64-,65-,66-,74+/m1/s1. The summed E-state index contributed by atoms with van der Waals surface area (Å²) in [5.74, 6) is -6.36. The molecule has 22 heteroatoms. The predicted molar refractivity (Wildman–Crippen MR) is 365 cm³/mol. The highest BCUT2D eigenvalue weighted by Crippen LogP contribution is 2.37. The topological polar surface area (TPSA) is 248 Å². The number of benzene rings is 9. The monoisotopic (exact) mass is 1350 g/mol. The molecule has 9 aromatic rings. The third kappa shape index (κ3) is 18.4. The maximum atomic E-state index is 15.1. The summed E-state index contributed by atoms with van der Waals surface area (Å²) in [6.07, 6.45) is -18.6. The Morgan fingerprint density at radius 2 is 0.684 bits per heavy atom. The number of hydrogen-bond acceptors (Lipinski definition) is 19. The fraction of sp³-hybridized carbons (Fsp3) is 0.171. The Balaban J connectivity index is 1.08. The second kappa shape index (κ2) is 34.0. The summed E-state index contributed by atoms with van der Waals surface area (Å²) >= 11 is 7.04. The maximum absolute atomic E-state index is 15.1. The van der Waals surface area contributed by atoms with Crippen molar-refractivity contribution in [2.24, 2.45) is 4.99 Å². The first kappa shape index (κ1) is 68.3. The lowest BCUT2D eigenvalue weighted by Gasteiger charge is -2.49. The van der Waals surface area contributed by atoms with E-state index in [9.17, 15) is 28.8 Å². The molecule has 0 unspecified atom stereocenters. The number of anilines is 1. The van der Waals surface area contributed by atoms with Crippen LogP contribution in [-0.2, 0) is 53.1 Å². The average molecular weight is 1350 g/mol.